The predicted octanol–water partition coefficient (Wildman–Crippen LogP) is 3.12. The third kappa shape index (κ3) is 2.45. The van der Waals surface area contributed by atoms with Crippen molar-refractivity contribution in [3.63, 3.8) is 0 Å². The first kappa shape index (κ1) is 12.2. The Bertz CT molecular complexity index is 549. The molecule has 18 heavy (non-hydrogen) atoms. The van der Waals surface area contributed by atoms with Crippen molar-refractivity contribution in [3.05, 3.63) is 34.7 Å². The van der Waals surface area contributed by atoms with Gasteiger partial charge in [0.15, 0.2) is 0 Å². The zero-order valence-electron chi connectivity index (χ0n) is 10.6. The Balaban J connectivity index is 1.71. The van der Waals surface area contributed by atoms with Gasteiger partial charge in [0.2, 0.25) is 0 Å². The fraction of sp³-hybridized carbons (Fsp3) is 0.500. The normalized spacial score (nSPS) is 20.9. The van der Waals surface area contributed by atoms with Crippen LogP contribution in [0.3, 0.4) is 0 Å². The molecule has 1 saturated heterocycles. The van der Waals surface area contributed by atoms with Gasteiger partial charge in [-0.15, -0.1) is 0 Å². The summed E-state index contributed by atoms with van der Waals surface area (Å²) in [6.07, 6.45) is 7.94. The number of pyridine rings is 1. The van der Waals surface area contributed by atoms with Gasteiger partial charge in [0, 0.05) is 35.9 Å². The van der Waals surface area contributed by atoms with Crippen molar-refractivity contribution in [3.8, 4) is 0 Å². The SMILES string of the molecule is C[C@@H]1CCCN1CCc1cn2cc(Br)ccc2n1. The second-order valence-electron chi connectivity index (χ2n) is 5.12. The second kappa shape index (κ2) is 5.02. The van der Waals surface area contributed by atoms with E-state index < -0.39 is 0 Å². The van der Waals surface area contributed by atoms with Crippen molar-refractivity contribution in [1.29, 1.82) is 0 Å². The van der Waals surface area contributed by atoms with E-state index in [2.05, 4.69) is 49.5 Å². The summed E-state index contributed by atoms with van der Waals surface area (Å²) in [5.41, 5.74) is 2.22. The predicted molar refractivity (Wildman–Crippen MR) is 76.9 cm³/mol. The molecule has 0 saturated carbocycles. The summed E-state index contributed by atoms with van der Waals surface area (Å²) in [4.78, 5) is 7.22. The molecule has 0 unspecified atom stereocenters. The number of rotatable bonds is 3. The highest BCUT2D eigenvalue weighted by Gasteiger charge is 2.19. The van der Waals surface area contributed by atoms with E-state index in [0.29, 0.717) is 0 Å². The molecule has 2 aromatic rings. The molecule has 0 aromatic carbocycles. The van der Waals surface area contributed by atoms with E-state index >= 15 is 0 Å². The summed E-state index contributed by atoms with van der Waals surface area (Å²) in [6, 6.07) is 4.83. The van der Waals surface area contributed by atoms with E-state index in [9.17, 15) is 0 Å². The Labute approximate surface area is 116 Å². The van der Waals surface area contributed by atoms with Crippen molar-refractivity contribution < 1.29 is 0 Å². The molecule has 1 aliphatic rings. The molecule has 96 valence electrons. The standard InChI is InChI=1S/C14H18BrN3/c1-11-3-2-7-17(11)8-6-13-10-18-9-12(15)4-5-14(18)16-13/h4-5,9-11H,2-3,6-8H2,1H3/t11-/m1/s1. The van der Waals surface area contributed by atoms with Crippen LogP contribution in [0, 0.1) is 0 Å². The average Bonchev–Trinajstić information content (AvgIpc) is 2.92. The molecule has 1 fully saturated rings. The second-order valence-corrected chi connectivity index (χ2v) is 6.04. The van der Waals surface area contributed by atoms with E-state index in [1.54, 1.807) is 0 Å². The highest BCUT2D eigenvalue weighted by Crippen LogP contribution is 2.17. The van der Waals surface area contributed by atoms with Gasteiger partial charge in [-0.25, -0.2) is 4.98 Å². The summed E-state index contributed by atoms with van der Waals surface area (Å²) >= 11 is 3.49. The molecule has 0 spiro atoms. The van der Waals surface area contributed by atoms with Gasteiger partial charge in [-0.2, -0.15) is 0 Å². The van der Waals surface area contributed by atoms with Crippen molar-refractivity contribution in [2.75, 3.05) is 13.1 Å². The maximum Gasteiger partial charge on any atom is 0.137 e. The lowest BCUT2D eigenvalue weighted by atomic mass is 10.2. The van der Waals surface area contributed by atoms with Crippen molar-refractivity contribution in [2.45, 2.75) is 32.2 Å². The molecule has 0 aliphatic carbocycles. The summed E-state index contributed by atoms with van der Waals surface area (Å²) < 4.78 is 3.18. The topological polar surface area (TPSA) is 20.5 Å². The van der Waals surface area contributed by atoms with Crippen LogP contribution in [-0.2, 0) is 6.42 Å². The number of likely N-dealkylation sites (tertiary alicyclic amines) is 1. The molecule has 3 rings (SSSR count). The number of hydrogen-bond acceptors (Lipinski definition) is 2. The minimum atomic E-state index is 0.746. The van der Waals surface area contributed by atoms with E-state index in [4.69, 9.17) is 0 Å². The van der Waals surface area contributed by atoms with Gasteiger partial charge in [0.05, 0.1) is 5.69 Å². The molecule has 0 radical (unpaired) electrons. The lowest BCUT2D eigenvalue weighted by Gasteiger charge is -2.19. The Morgan fingerprint density at radius 1 is 1.39 bits per heavy atom. The molecule has 0 bridgehead atoms. The van der Waals surface area contributed by atoms with Crippen LogP contribution in [-0.4, -0.2) is 33.4 Å². The van der Waals surface area contributed by atoms with Crippen LogP contribution < -0.4 is 0 Å². The number of hydrogen-bond donors (Lipinski definition) is 0. The zero-order chi connectivity index (χ0) is 12.5. The maximum absolute atomic E-state index is 4.66. The lowest BCUT2D eigenvalue weighted by Crippen LogP contribution is -2.29. The van der Waals surface area contributed by atoms with Crippen molar-refractivity contribution >= 4 is 21.6 Å². The number of aromatic nitrogens is 2. The van der Waals surface area contributed by atoms with Gasteiger partial charge in [0.25, 0.3) is 0 Å². The van der Waals surface area contributed by atoms with Crippen molar-refractivity contribution in [2.24, 2.45) is 0 Å². The molecule has 4 heteroatoms. The van der Waals surface area contributed by atoms with Gasteiger partial charge in [-0.05, 0) is 54.4 Å². The number of nitrogens with zero attached hydrogens (tertiary/aromatic N) is 3. The molecule has 3 heterocycles. The fourth-order valence-corrected chi connectivity index (χ4v) is 3.07. The molecular weight excluding hydrogens is 290 g/mol. The van der Waals surface area contributed by atoms with Crippen LogP contribution in [0.4, 0.5) is 0 Å². The van der Waals surface area contributed by atoms with Gasteiger partial charge in [0.1, 0.15) is 5.65 Å². The molecule has 3 nitrogen and oxygen atoms in total. The average molecular weight is 308 g/mol. The van der Waals surface area contributed by atoms with Gasteiger partial charge in [-0.3, -0.25) is 0 Å². The fourth-order valence-electron chi connectivity index (χ4n) is 2.72. The first-order valence-electron chi connectivity index (χ1n) is 6.59. The van der Waals surface area contributed by atoms with E-state index in [-0.39, 0.29) is 0 Å². The molecule has 1 atom stereocenters. The summed E-state index contributed by atoms with van der Waals surface area (Å²) in [6.45, 7) is 4.71. The third-order valence-corrected chi connectivity index (χ3v) is 4.28. The van der Waals surface area contributed by atoms with Crippen LogP contribution in [0.25, 0.3) is 5.65 Å². The van der Waals surface area contributed by atoms with E-state index in [0.717, 1.165) is 29.1 Å². The van der Waals surface area contributed by atoms with Crippen LogP contribution >= 0.6 is 15.9 Å². The minimum absolute atomic E-state index is 0.746. The van der Waals surface area contributed by atoms with Crippen LogP contribution in [0.1, 0.15) is 25.5 Å². The number of halogens is 1. The number of imidazole rings is 1. The Hall–Kier alpha value is -0.870. The summed E-state index contributed by atoms with van der Waals surface area (Å²) in [5.74, 6) is 0. The van der Waals surface area contributed by atoms with Crippen LogP contribution in [0.5, 0.6) is 0 Å². The number of fused-ring (bicyclic) bond motifs is 1. The van der Waals surface area contributed by atoms with Gasteiger partial charge >= 0.3 is 0 Å². The molecule has 0 amide bonds. The van der Waals surface area contributed by atoms with E-state index in [1.807, 2.05) is 12.1 Å². The molecule has 1 aliphatic heterocycles. The Kier molecular flexibility index (Phi) is 3.39. The highest BCUT2D eigenvalue weighted by atomic mass is 79.9. The summed E-state index contributed by atoms with van der Waals surface area (Å²) in [7, 11) is 0. The largest absolute Gasteiger partial charge is 0.306 e. The Morgan fingerprint density at radius 2 is 2.28 bits per heavy atom. The molecular formula is C14H18BrN3. The van der Waals surface area contributed by atoms with Crippen LogP contribution in [0.15, 0.2) is 29.0 Å². The zero-order valence-corrected chi connectivity index (χ0v) is 12.2. The minimum Gasteiger partial charge on any atom is -0.306 e. The first-order valence-corrected chi connectivity index (χ1v) is 7.39. The maximum atomic E-state index is 4.66. The van der Waals surface area contributed by atoms with E-state index in [1.165, 1.54) is 25.1 Å². The smallest absolute Gasteiger partial charge is 0.137 e. The van der Waals surface area contributed by atoms with Crippen LogP contribution in [0.2, 0.25) is 0 Å². The van der Waals surface area contributed by atoms with Gasteiger partial charge < -0.3 is 9.30 Å². The quantitative estimate of drug-likeness (QED) is 0.868. The van der Waals surface area contributed by atoms with Gasteiger partial charge in [-0.1, -0.05) is 0 Å². The molecule has 2 aromatic heterocycles. The lowest BCUT2D eigenvalue weighted by molar-refractivity contribution is 0.271. The first-order chi connectivity index (χ1) is 8.72. The Morgan fingerprint density at radius 3 is 3.06 bits per heavy atom. The monoisotopic (exact) mass is 307 g/mol. The summed E-state index contributed by atoms with van der Waals surface area (Å²) in [5, 5.41) is 0. The third-order valence-electron chi connectivity index (χ3n) is 3.81. The molecule has 0 N–H and O–H groups in total. The van der Waals surface area contributed by atoms with Crippen molar-refractivity contribution in [1.82, 2.24) is 14.3 Å². The highest BCUT2D eigenvalue weighted by molar-refractivity contribution is 9.10.